The highest BCUT2D eigenvalue weighted by Gasteiger charge is 2.32. The van der Waals surface area contributed by atoms with Gasteiger partial charge in [0.25, 0.3) is 0 Å². The van der Waals surface area contributed by atoms with Crippen molar-refractivity contribution in [1.29, 1.82) is 0 Å². The molecule has 0 saturated carbocycles. The highest BCUT2D eigenvalue weighted by molar-refractivity contribution is 5.67. The van der Waals surface area contributed by atoms with Crippen LogP contribution in [0.3, 0.4) is 0 Å². The van der Waals surface area contributed by atoms with Gasteiger partial charge in [-0.05, 0) is 44.7 Å². The quantitative estimate of drug-likeness (QED) is 0.787. The van der Waals surface area contributed by atoms with Gasteiger partial charge in [-0.3, -0.25) is 9.69 Å². The summed E-state index contributed by atoms with van der Waals surface area (Å²) in [6.45, 7) is 3.72. The van der Waals surface area contributed by atoms with E-state index in [9.17, 15) is 4.79 Å². The summed E-state index contributed by atoms with van der Waals surface area (Å²) in [7, 11) is 0. The number of rotatable bonds is 4. The molecule has 16 heavy (non-hydrogen) atoms. The number of hydrogen-bond acceptors (Lipinski definition) is 3. The summed E-state index contributed by atoms with van der Waals surface area (Å²) in [6, 6.07) is 0.195. The molecule has 0 aliphatic carbocycles. The van der Waals surface area contributed by atoms with E-state index in [4.69, 9.17) is 9.84 Å². The van der Waals surface area contributed by atoms with Gasteiger partial charge in [-0.25, -0.2) is 0 Å². The highest BCUT2D eigenvalue weighted by atomic mass is 16.5. The first-order valence-electron chi connectivity index (χ1n) is 6.31. The van der Waals surface area contributed by atoms with Crippen LogP contribution in [-0.2, 0) is 9.53 Å². The van der Waals surface area contributed by atoms with Gasteiger partial charge in [-0.15, -0.1) is 0 Å². The summed E-state index contributed by atoms with van der Waals surface area (Å²) in [5, 5.41) is 9.01. The molecule has 2 saturated heterocycles. The summed E-state index contributed by atoms with van der Waals surface area (Å²) in [4.78, 5) is 13.3. The van der Waals surface area contributed by atoms with Crippen molar-refractivity contribution in [2.75, 3.05) is 26.3 Å². The van der Waals surface area contributed by atoms with Crippen molar-refractivity contribution < 1.29 is 14.6 Å². The summed E-state index contributed by atoms with van der Waals surface area (Å²) < 4.78 is 5.48. The molecule has 2 atom stereocenters. The average Bonchev–Trinajstić information content (AvgIpc) is 2.80. The van der Waals surface area contributed by atoms with Crippen molar-refractivity contribution in [2.24, 2.45) is 5.92 Å². The molecule has 0 amide bonds. The SMILES string of the molecule is O=C(O)CC(C1CCCOC1)N1CCCC1. The number of carbonyl (C=O) groups is 1. The Labute approximate surface area is 96.6 Å². The van der Waals surface area contributed by atoms with E-state index in [-0.39, 0.29) is 12.5 Å². The van der Waals surface area contributed by atoms with Gasteiger partial charge in [0.1, 0.15) is 0 Å². The molecule has 2 rings (SSSR count). The van der Waals surface area contributed by atoms with Crippen LogP contribution >= 0.6 is 0 Å². The molecule has 1 N–H and O–H groups in total. The lowest BCUT2D eigenvalue weighted by molar-refractivity contribution is -0.139. The van der Waals surface area contributed by atoms with Gasteiger partial charge in [0.15, 0.2) is 0 Å². The minimum Gasteiger partial charge on any atom is -0.481 e. The van der Waals surface area contributed by atoms with Gasteiger partial charge in [0.05, 0.1) is 13.0 Å². The Bertz CT molecular complexity index is 232. The molecule has 0 bridgehead atoms. The Hall–Kier alpha value is -0.610. The van der Waals surface area contributed by atoms with Gasteiger partial charge in [0, 0.05) is 12.6 Å². The largest absolute Gasteiger partial charge is 0.481 e. The van der Waals surface area contributed by atoms with E-state index in [1.165, 1.54) is 12.8 Å². The van der Waals surface area contributed by atoms with E-state index in [1.54, 1.807) is 0 Å². The first-order valence-corrected chi connectivity index (χ1v) is 6.31. The molecule has 0 aromatic heterocycles. The van der Waals surface area contributed by atoms with Crippen molar-refractivity contribution in [3.63, 3.8) is 0 Å². The predicted octanol–water partition coefficient (Wildman–Crippen LogP) is 1.35. The summed E-state index contributed by atoms with van der Waals surface area (Å²) in [6.07, 6.45) is 4.89. The van der Waals surface area contributed by atoms with Crippen molar-refractivity contribution in [1.82, 2.24) is 4.90 Å². The van der Waals surface area contributed by atoms with Crippen LogP contribution in [0.1, 0.15) is 32.1 Å². The lowest BCUT2D eigenvalue weighted by atomic mass is 9.90. The van der Waals surface area contributed by atoms with Crippen molar-refractivity contribution >= 4 is 5.97 Å². The molecule has 2 heterocycles. The Morgan fingerprint density at radius 1 is 1.38 bits per heavy atom. The van der Waals surface area contributed by atoms with E-state index in [2.05, 4.69) is 4.90 Å². The van der Waals surface area contributed by atoms with Crippen LogP contribution in [0.4, 0.5) is 0 Å². The third kappa shape index (κ3) is 2.95. The summed E-state index contributed by atoms with van der Waals surface area (Å²) >= 11 is 0. The van der Waals surface area contributed by atoms with E-state index >= 15 is 0 Å². The van der Waals surface area contributed by atoms with Crippen LogP contribution in [0.15, 0.2) is 0 Å². The second-order valence-corrected chi connectivity index (χ2v) is 4.89. The number of carboxylic acids is 1. The van der Waals surface area contributed by atoms with Crippen LogP contribution in [0.2, 0.25) is 0 Å². The number of ether oxygens (including phenoxy) is 1. The predicted molar refractivity (Wildman–Crippen MR) is 60.4 cm³/mol. The average molecular weight is 227 g/mol. The first kappa shape index (κ1) is 11.9. The Morgan fingerprint density at radius 3 is 2.69 bits per heavy atom. The molecule has 0 spiro atoms. The van der Waals surface area contributed by atoms with Gasteiger partial charge < -0.3 is 9.84 Å². The second-order valence-electron chi connectivity index (χ2n) is 4.89. The molecule has 0 radical (unpaired) electrons. The smallest absolute Gasteiger partial charge is 0.304 e. The highest BCUT2D eigenvalue weighted by Crippen LogP contribution is 2.26. The lowest BCUT2D eigenvalue weighted by Crippen LogP contribution is -2.43. The molecule has 92 valence electrons. The molecular weight excluding hydrogens is 206 g/mol. The minimum atomic E-state index is -0.678. The van der Waals surface area contributed by atoms with E-state index < -0.39 is 5.97 Å². The third-order valence-electron chi connectivity index (χ3n) is 3.73. The van der Waals surface area contributed by atoms with Gasteiger partial charge in [-0.2, -0.15) is 0 Å². The Balaban J connectivity index is 1.96. The number of carboxylic acid groups (broad SMARTS) is 1. The van der Waals surface area contributed by atoms with Gasteiger partial charge >= 0.3 is 5.97 Å². The number of aliphatic carboxylic acids is 1. The monoisotopic (exact) mass is 227 g/mol. The Morgan fingerprint density at radius 2 is 2.12 bits per heavy atom. The van der Waals surface area contributed by atoms with Crippen molar-refractivity contribution in [2.45, 2.75) is 38.1 Å². The van der Waals surface area contributed by atoms with Crippen molar-refractivity contribution in [3.8, 4) is 0 Å². The number of nitrogens with zero attached hydrogens (tertiary/aromatic N) is 1. The van der Waals surface area contributed by atoms with E-state index in [1.807, 2.05) is 0 Å². The topological polar surface area (TPSA) is 49.8 Å². The standard InChI is InChI=1S/C12H21NO3/c14-12(15)8-11(13-5-1-2-6-13)10-4-3-7-16-9-10/h10-11H,1-9H2,(H,14,15). The molecular formula is C12H21NO3. The second kappa shape index (κ2) is 5.64. The zero-order chi connectivity index (χ0) is 11.4. The van der Waals surface area contributed by atoms with Crippen molar-refractivity contribution in [3.05, 3.63) is 0 Å². The zero-order valence-electron chi connectivity index (χ0n) is 9.73. The molecule has 2 aliphatic rings. The fourth-order valence-electron chi connectivity index (χ4n) is 2.92. The minimum absolute atomic E-state index is 0.195. The summed E-state index contributed by atoms with van der Waals surface area (Å²) in [5.74, 6) is -0.259. The lowest BCUT2D eigenvalue weighted by Gasteiger charge is -2.35. The molecule has 2 unspecified atom stereocenters. The normalized spacial score (nSPS) is 29.1. The molecule has 4 heteroatoms. The van der Waals surface area contributed by atoms with Gasteiger partial charge in [0.2, 0.25) is 0 Å². The molecule has 2 aliphatic heterocycles. The fraction of sp³-hybridized carbons (Fsp3) is 0.917. The van der Waals surface area contributed by atoms with Crippen LogP contribution < -0.4 is 0 Å². The van der Waals surface area contributed by atoms with Crippen LogP contribution in [0, 0.1) is 5.92 Å². The maximum Gasteiger partial charge on any atom is 0.304 e. The van der Waals surface area contributed by atoms with Crippen LogP contribution in [-0.4, -0.2) is 48.3 Å². The molecule has 2 fully saturated rings. The van der Waals surface area contributed by atoms with Gasteiger partial charge in [-0.1, -0.05) is 0 Å². The molecule has 0 aromatic carbocycles. The number of hydrogen-bond donors (Lipinski definition) is 1. The number of likely N-dealkylation sites (tertiary alicyclic amines) is 1. The fourth-order valence-corrected chi connectivity index (χ4v) is 2.92. The van der Waals surface area contributed by atoms with E-state index in [0.29, 0.717) is 5.92 Å². The Kier molecular flexibility index (Phi) is 4.18. The molecule has 0 aromatic rings. The van der Waals surface area contributed by atoms with E-state index in [0.717, 1.165) is 39.1 Å². The van der Waals surface area contributed by atoms with Crippen LogP contribution in [0.5, 0.6) is 0 Å². The maximum absolute atomic E-state index is 10.9. The van der Waals surface area contributed by atoms with Crippen LogP contribution in [0.25, 0.3) is 0 Å². The zero-order valence-corrected chi connectivity index (χ0v) is 9.73. The molecule has 4 nitrogen and oxygen atoms in total. The first-order chi connectivity index (χ1) is 7.77. The third-order valence-corrected chi connectivity index (χ3v) is 3.73. The maximum atomic E-state index is 10.9. The summed E-state index contributed by atoms with van der Waals surface area (Å²) in [5.41, 5.74) is 0.